The molecule has 2 aromatic carbocycles. The first-order chi connectivity index (χ1) is 13.6. The number of aliphatic carboxylic acids is 1. The molecule has 0 aliphatic carbocycles. The van der Waals surface area contributed by atoms with Crippen LogP contribution in [-0.2, 0) is 21.2 Å². The van der Waals surface area contributed by atoms with Gasteiger partial charge in [0.15, 0.2) is 0 Å². The van der Waals surface area contributed by atoms with Gasteiger partial charge in [0.1, 0.15) is 5.75 Å². The van der Waals surface area contributed by atoms with Crippen molar-refractivity contribution >= 4 is 22.1 Å². The van der Waals surface area contributed by atoms with E-state index in [1.165, 1.54) is 0 Å². The number of hydrogen-bond acceptors (Lipinski definition) is 4. The van der Waals surface area contributed by atoms with Crippen LogP contribution >= 0.6 is 0 Å². The van der Waals surface area contributed by atoms with Crippen molar-refractivity contribution < 1.29 is 36.2 Å². The molecule has 0 saturated heterocycles. The van der Waals surface area contributed by atoms with Crippen molar-refractivity contribution in [1.82, 2.24) is 4.72 Å². The first-order valence-electron chi connectivity index (χ1n) is 8.44. The predicted octanol–water partition coefficient (Wildman–Crippen LogP) is 3.00. The summed E-state index contributed by atoms with van der Waals surface area (Å²) in [5.41, 5.74) is -0.147. The molecule has 1 aliphatic rings. The summed E-state index contributed by atoms with van der Waals surface area (Å²) in [5, 5.41) is 9.07. The van der Waals surface area contributed by atoms with E-state index >= 15 is 0 Å². The van der Waals surface area contributed by atoms with Gasteiger partial charge in [-0.25, -0.2) is 17.9 Å². The van der Waals surface area contributed by atoms with Crippen LogP contribution in [0.25, 0.3) is 6.08 Å². The van der Waals surface area contributed by atoms with Gasteiger partial charge in [0, 0.05) is 12.1 Å². The zero-order valence-corrected chi connectivity index (χ0v) is 15.6. The summed E-state index contributed by atoms with van der Waals surface area (Å²) in [6.07, 6.45) is -6.32. The summed E-state index contributed by atoms with van der Waals surface area (Å²) >= 11 is 0. The van der Waals surface area contributed by atoms with Crippen molar-refractivity contribution in [2.24, 2.45) is 0 Å². The van der Waals surface area contributed by atoms with Crippen molar-refractivity contribution in [3.05, 3.63) is 65.2 Å². The van der Waals surface area contributed by atoms with Crippen LogP contribution in [0.5, 0.6) is 5.75 Å². The molecular weight excluding hydrogens is 411 g/mol. The van der Waals surface area contributed by atoms with Gasteiger partial charge in [-0.05, 0) is 36.3 Å². The average Bonchev–Trinajstić information content (AvgIpc) is 2.66. The predicted molar refractivity (Wildman–Crippen MR) is 97.9 cm³/mol. The SMILES string of the molecule is O=C(O)C1=Cc2cc(S(=O)(=O)NCCc3ccccc3)ccc2OC1C(F)(F)F. The molecule has 0 aromatic heterocycles. The zero-order chi connectivity index (χ0) is 21.2. The number of carboxylic acids is 1. The normalized spacial score (nSPS) is 16.5. The number of sulfonamides is 1. The van der Waals surface area contributed by atoms with E-state index in [4.69, 9.17) is 9.84 Å². The van der Waals surface area contributed by atoms with Gasteiger partial charge >= 0.3 is 12.1 Å². The minimum Gasteiger partial charge on any atom is -0.478 e. The topological polar surface area (TPSA) is 92.7 Å². The van der Waals surface area contributed by atoms with Crippen LogP contribution in [0.3, 0.4) is 0 Å². The highest BCUT2D eigenvalue weighted by atomic mass is 32.2. The summed E-state index contributed by atoms with van der Waals surface area (Å²) in [7, 11) is -3.95. The molecule has 0 radical (unpaired) electrons. The minimum atomic E-state index is -4.92. The van der Waals surface area contributed by atoms with Crippen molar-refractivity contribution in [3.8, 4) is 5.75 Å². The monoisotopic (exact) mass is 427 g/mol. The number of ether oxygens (including phenoxy) is 1. The van der Waals surface area contributed by atoms with Gasteiger partial charge in [-0.2, -0.15) is 13.2 Å². The molecule has 1 atom stereocenters. The summed E-state index contributed by atoms with van der Waals surface area (Å²) in [4.78, 5) is 11.0. The summed E-state index contributed by atoms with van der Waals surface area (Å²) in [5.74, 6) is -2.05. The molecule has 2 N–H and O–H groups in total. The highest BCUT2D eigenvalue weighted by molar-refractivity contribution is 7.89. The van der Waals surface area contributed by atoms with Crippen LogP contribution in [-0.4, -0.2) is 38.3 Å². The molecule has 0 fully saturated rings. The molecule has 154 valence electrons. The number of carbonyl (C=O) groups is 1. The molecular formula is C19H16F3NO5S. The lowest BCUT2D eigenvalue weighted by atomic mass is 10.0. The maximum absolute atomic E-state index is 13.1. The number of hydrogen-bond donors (Lipinski definition) is 2. The number of benzene rings is 2. The van der Waals surface area contributed by atoms with E-state index < -0.39 is 33.8 Å². The Morgan fingerprint density at radius 3 is 2.45 bits per heavy atom. The molecule has 2 aromatic rings. The van der Waals surface area contributed by atoms with Crippen LogP contribution in [0.4, 0.5) is 13.2 Å². The van der Waals surface area contributed by atoms with E-state index in [1.807, 2.05) is 30.3 Å². The van der Waals surface area contributed by atoms with Crippen molar-refractivity contribution in [1.29, 1.82) is 0 Å². The third-order valence-electron chi connectivity index (χ3n) is 4.22. The molecule has 3 rings (SSSR count). The third kappa shape index (κ3) is 4.77. The van der Waals surface area contributed by atoms with Crippen LogP contribution in [0, 0.1) is 0 Å². The molecule has 1 aliphatic heterocycles. The Morgan fingerprint density at radius 2 is 1.83 bits per heavy atom. The Bertz CT molecular complexity index is 1050. The fourth-order valence-electron chi connectivity index (χ4n) is 2.82. The molecule has 0 bridgehead atoms. The number of halogens is 3. The Balaban J connectivity index is 1.82. The maximum Gasteiger partial charge on any atom is 0.430 e. The van der Waals surface area contributed by atoms with Gasteiger partial charge in [-0.3, -0.25) is 0 Å². The Kier molecular flexibility index (Phi) is 5.67. The van der Waals surface area contributed by atoms with Gasteiger partial charge in [-0.1, -0.05) is 30.3 Å². The number of fused-ring (bicyclic) bond motifs is 1. The lowest BCUT2D eigenvalue weighted by molar-refractivity contribution is -0.187. The maximum atomic E-state index is 13.1. The van der Waals surface area contributed by atoms with Crippen LogP contribution < -0.4 is 9.46 Å². The van der Waals surface area contributed by atoms with Crippen LogP contribution in [0.2, 0.25) is 0 Å². The van der Waals surface area contributed by atoms with E-state index in [2.05, 4.69) is 4.72 Å². The minimum absolute atomic E-state index is 0.0613. The number of nitrogens with one attached hydrogen (secondary N) is 1. The van der Waals surface area contributed by atoms with Gasteiger partial charge in [-0.15, -0.1) is 0 Å². The van der Waals surface area contributed by atoms with Gasteiger partial charge in [0.25, 0.3) is 0 Å². The third-order valence-corrected chi connectivity index (χ3v) is 5.68. The highest BCUT2D eigenvalue weighted by Gasteiger charge is 2.48. The van der Waals surface area contributed by atoms with Crippen molar-refractivity contribution in [3.63, 3.8) is 0 Å². The average molecular weight is 427 g/mol. The molecule has 6 nitrogen and oxygen atoms in total. The van der Waals surface area contributed by atoms with E-state index in [0.717, 1.165) is 29.8 Å². The van der Waals surface area contributed by atoms with Gasteiger partial charge in [0.2, 0.25) is 16.1 Å². The zero-order valence-electron chi connectivity index (χ0n) is 14.8. The highest BCUT2D eigenvalue weighted by Crippen LogP contribution is 2.38. The number of alkyl halides is 3. The lowest BCUT2D eigenvalue weighted by Crippen LogP contribution is -2.40. The van der Waals surface area contributed by atoms with Crippen molar-refractivity contribution in [2.75, 3.05) is 6.54 Å². The Hall–Kier alpha value is -2.85. The van der Waals surface area contributed by atoms with E-state index in [-0.39, 0.29) is 22.8 Å². The van der Waals surface area contributed by atoms with Gasteiger partial charge < -0.3 is 9.84 Å². The van der Waals surface area contributed by atoms with Crippen LogP contribution in [0.1, 0.15) is 11.1 Å². The molecule has 1 unspecified atom stereocenters. The summed E-state index contributed by atoms with van der Waals surface area (Å²) in [6, 6.07) is 12.5. The van der Waals surface area contributed by atoms with E-state index in [0.29, 0.717) is 6.42 Å². The second-order valence-corrected chi connectivity index (χ2v) is 8.04. The second kappa shape index (κ2) is 7.88. The molecule has 10 heteroatoms. The summed E-state index contributed by atoms with van der Waals surface area (Å²) in [6.45, 7) is 0.117. The first kappa shape index (κ1) is 20.9. The van der Waals surface area contributed by atoms with E-state index in [9.17, 15) is 26.4 Å². The molecule has 29 heavy (non-hydrogen) atoms. The van der Waals surface area contributed by atoms with Crippen molar-refractivity contribution in [2.45, 2.75) is 23.6 Å². The summed E-state index contributed by atoms with van der Waals surface area (Å²) < 4.78 is 71.3. The number of rotatable bonds is 6. The quantitative estimate of drug-likeness (QED) is 0.740. The Labute approximate surface area is 164 Å². The second-order valence-electron chi connectivity index (χ2n) is 6.28. The fourth-order valence-corrected chi connectivity index (χ4v) is 3.89. The smallest absolute Gasteiger partial charge is 0.430 e. The standard InChI is InChI=1S/C19H16F3NO5S/c20-19(21,22)17-15(18(24)25)11-13-10-14(6-7-16(13)28-17)29(26,27)23-9-8-12-4-2-1-3-5-12/h1-7,10-11,17,23H,8-9H2,(H,24,25). The van der Waals surface area contributed by atoms with E-state index in [1.54, 1.807) is 0 Å². The van der Waals surface area contributed by atoms with Crippen LogP contribution in [0.15, 0.2) is 59.0 Å². The molecule has 1 heterocycles. The Morgan fingerprint density at radius 1 is 1.14 bits per heavy atom. The van der Waals surface area contributed by atoms with Gasteiger partial charge in [0.05, 0.1) is 10.5 Å². The largest absolute Gasteiger partial charge is 0.478 e. The fraction of sp³-hybridized carbons (Fsp3) is 0.211. The first-order valence-corrected chi connectivity index (χ1v) is 9.92. The molecule has 0 spiro atoms. The molecule has 0 saturated carbocycles. The number of carboxylic acid groups (broad SMARTS) is 1. The lowest BCUT2D eigenvalue weighted by Gasteiger charge is -2.27. The molecule has 0 amide bonds.